The van der Waals surface area contributed by atoms with Crippen LogP contribution >= 0.6 is 31.9 Å². The summed E-state index contributed by atoms with van der Waals surface area (Å²) in [5.74, 6) is 0.632. The van der Waals surface area contributed by atoms with Crippen LogP contribution in [0.5, 0.6) is 0 Å². The predicted octanol–water partition coefficient (Wildman–Crippen LogP) is 3.85. The van der Waals surface area contributed by atoms with Crippen molar-refractivity contribution in [1.29, 1.82) is 0 Å². The SMILES string of the molecule is OC1CCCC(CNCc2ccc(Br)c(Br)c2)C1. The Morgan fingerprint density at radius 1 is 1.22 bits per heavy atom. The van der Waals surface area contributed by atoms with Crippen LogP contribution in [0.25, 0.3) is 0 Å². The minimum absolute atomic E-state index is 0.0765. The Labute approximate surface area is 125 Å². The highest BCUT2D eigenvalue weighted by atomic mass is 79.9. The smallest absolute Gasteiger partial charge is 0.0543 e. The summed E-state index contributed by atoms with van der Waals surface area (Å²) in [6.07, 6.45) is 4.27. The molecule has 0 heterocycles. The van der Waals surface area contributed by atoms with Crippen LogP contribution in [0, 0.1) is 5.92 Å². The summed E-state index contributed by atoms with van der Waals surface area (Å²) < 4.78 is 2.18. The van der Waals surface area contributed by atoms with Crippen molar-refractivity contribution in [3.63, 3.8) is 0 Å². The molecule has 2 atom stereocenters. The van der Waals surface area contributed by atoms with Gasteiger partial charge in [0.1, 0.15) is 0 Å². The van der Waals surface area contributed by atoms with Crippen molar-refractivity contribution in [3.05, 3.63) is 32.7 Å². The van der Waals surface area contributed by atoms with Gasteiger partial charge in [0.2, 0.25) is 0 Å². The molecule has 100 valence electrons. The van der Waals surface area contributed by atoms with Gasteiger partial charge in [0, 0.05) is 15.5 Å². The summed E-state index contributed by atoms with van der Waals surface area (Å²) in [6, 6.07) is 6.32. The van der Waals surface area contributed by atoms with Crippen molar-refractivity contribution in [2.45, 2.75) is 38.3 Å². The van der Waals surface area contributed by atoms with Gasteiger partial charge in [-0.2, -0.15) is 0 Å². The summed E-state index contributed by atoms with van der Waals surface area (Å²) in [7, 11) is 0. The molecule has 1 aromatic rings. The number of rotatable bonds is 4. The molecule has 0 bridgehead atoms. The van der Waals surface area contributed by atoms with Crippen LogP contribution in [-0.4, -0.2) is 17.8 Å². The lowest BCUT2D eigenvalue weighted by Gasteiger charge is -2.26. The summed E-state index contributed by atoms with van der Waals surface area (Å²) in [5, 5.41) is 13.1. The number of benzene rings is 1. The minimum Gasteiger partial charge on any atom is -0.393 e. The Morgan fingerprint density at radius 2 is 2.06 bits per heavy atom. The van der Waals surface area contributed by atoms with E-state index in [9.17, 15) is 5.11 Å². The van der Waals surface area contributed by atoms with E-state index >= 15 is 0 Å². The Kier molecular flexibility index (Phi) is 5.67. The van der Waals surface area contributed by atoms with Gasteiger partial charge in [-0.15, -0.1) is 0 Å². The van der Waals surface area contributed by atoms with E-state index in [1.165, 1.54) is 12.0 Å². The Hall–Kier alpha value is 0.1000. The van der Waals surface area contributed by atoms with Crippen LogP contribution in [0.1, 0.15) is 31.2 Å². The zero-order valence-electron chi connectivity index (χ0n) is 10.3. The second-order valence-electron chi connectivity index (χ2n) is 5.07. The van der Waals surface area contributed by atoms with Crippen molar-refractivity contribution >= 4 is 31.9 Å². The van der Waals surface area contributed by atoms with Gasteiger partial charge in [-0.3, -0.25) is 0 Å². The summed E-state index contributed by atoms with van der Waals surface area (Å²) in [4.78, 5) is 0. The van der Waals surface area contributed by atoms with Gasteiger partial charge in [-0.25, -0.2) is 0 Å². The van der Waals surface area contributed by atoms with Crippen molar-refractivity contribution in [2.24, 2.45) is 5.92 Å². The minimum atomic E-state index is -0.0765. The van der Waals surface area contributed by atoms with Gasteiger partial charge in [-0.1, -0.05) is 12.5 Å². The molecule has 0 aliphatic heterocycles. The van der Waals surface area contributed by atoms with Gasteiger partial charge in [0.15, 0.2) is 0 Å². The van der Waals surface area contributed by atoms with E-state index in [4.69, 9.17) is 0 Å². The molecule has 1 aliphatic carbocycles. The average Bonchev–Trinajstić information content (AvgIpc) is 2.34. The summed E-state index contributed by atoms with van der Waals surface area (Å²) >= 11 is 6.99. The largest absolute Gasteiger partial charge is 0.393 e. The number of hydrogen-bond acceptors (Lipinski definition) is 2. The predicted molar refractivity (Wildman–Crippen MR) is 81.5 cm³/mol. The molecule has 2 nitrogen and oxygen atoms in total. The lowest BCUT2D eigenvalue weighted by molar-refractivity contribution is 0.101. The standard InChI is InChI=1S/C14H19Br2NO/c15-13-5-4-11(7-14(13)16)9-17-8-10-2-1-3-12(18)6-10/h4-5,7,10,12,17-18H,1-3,6,8-9H2. The first-order valence-corrected chi connectivity index (χ1v) is 8.06. The third kappa shape index (κ3) is 4.34. The summed E-state index contributed by atoms with van der Waals surface area (Å²) in [5.41, 5.74) is 1.28. The molecular formula is C14H19Br2NO. The van der Waals surface area contributed by atoms with Crippen LogP contribution < -0.4 is 5.32 Å². The number of nitrogens with one attached hydrogen (secondary N) is 1. The van der Waals surface area contributed by atoms with E-state index in [0.29, 0.717) is 5.92 Å². The number of hydrogen-bond donors (Lipinski definition) is 2. The van der Waals surface area contributed by atoms with Gasteiger partial charge in [-0.05, 0) is 81.3 Å². The van der Waals surface area contributed by atoms with E-state index < -0.39 is 0 Å². The highest BCUT2D eigenvalue weighted by molar-refractivity contribution is 9.13. The first-order chi connectivity index (χ1) is 8.65. The molecule has 0 saturated heterocycles. The summed E-state index contributed by atoms with van der Waals surface area (Å²) in [6.45, 7) is 1.89. The zero-order valence-corrected chi connectivity index (χ0v) is 13.5. The van der Waals surface area contributed by atoms with Gasteiger partial charge >= 0.3 is 0 Å². The molecule has 1 saturated carbocycles. The molecule has 2 rings (SSSR count). The molecule has 0 aromatic heterocycles. The molecule has 0 amide bonds. The molecule has 4 heteroatoms. The molecule has 0 radical (unpaired) electrons. The highest BCUT2D eigenvalue weighted by Gasteiger charge is 2.19. The van der Waals surface area contributed by atoms with Crippen molar-refractivity contribution in [2.75, 3.05) is 6.54 Å². The van der Waals surface area contributed by atoms with Crippen LogP contribution in [0.4, 0.5) is 0 Å². The second kappa shape index (κ2) is 7.04. The third-order valence-electron chi connectivity index (χ3n) is 3.50. The molecule has 0 spiro atoms. The van der Waals surface area contributed by atoms with E-state index in [2.05, 4.69) is 55.4 Å². The first kappa shape index (κ1) is 14.5. The van der Waals surface area contributed by atoms with Crippen LogP contribution in [-0.2, 0) is 6.54 Å². The third-order valence-corrected chi connectivity index (χ3v) is 5.38. The normalized spacial score (nSPS) is 24.2. The van der Waals surface area contributed by atoms with Crippen LogP contribution in [0.2, 0.25) is 0 Å². The van der Waals surface area contributed by atoms with Crippen LogP contribution in [0.15, 0.2) is 27.1 Å². The quantitative estimate of drug-likeness (QED) is 0.836. The number of aliphatic hydroxyl groups excluding tert-OH is 1. The van der Waals surface area contributed by atoms with Crippen molar-refractivity contribution in [3.8, 4) is 0 Å². The second-order valence-corrected chi connectivity index (χ2v) is 6.77. The van der Waals surface area contributed by atoms with Gasteiger partial charge in [0.05, 0.1) is 6.10 Å². The fourth-order valence-electron chi connectivity index (χ4n) is 2.52. The molecule has 2 unspecified atom stereocenters. The number of halogens is 2. The first-order valence-electron chi connectivity index (χ1n) is 6.48. The zero-order chi connectivity index (χ0) is 13.0. The fourth-order valence-corrected chi connectivity index (χ4v) is 3.19. The highest BCUT2D eigenvalue weighted by Crippen LogP contribution is 2.25. The van der Waals surface area contributed by atoms with E-state index in [-0.39, 0.29) is 6.10 Å². The lowest BCUT2D eigenvalue weighted by Crippen LogP contribution is -2.28. The van der Waals surface area contributed by atoms with Gasteiger partial charge in [0.25, 0.3) is 0 Å². The molecule has 2 N–H and O–H groups in total. The lowest BCUT2D eigenvalue weighted by atomic mass is 9.87. The van der Waals surface area contributed by atoms with Gasteiger partial charge < -0.3 is 10.4 Å². The van der Waals surface area contributed by atoms with Crippen molar-refractivity contribution in [1.82, 2.24) is 5.32 Å². The van der Waals surface area contributed by atoms with E-state index in [0.717, 1.165) is 41.3 Å². The monoisotopic (exact) mass is 375 g/mol. The van der Waals surface area contributed by atoms with E-state index in [1.54, 1.807) is 0 Å². The van der Waals surface area contributed by atoms with E-state index in [1.807, 2.05) is 0 Å². The molecule has 18 heavy (non-hydrogen) atoms. The average molecular weight is 377 g/mol. The maximum atomic E-state index is 9.62. The maximum Gasteiger partial charge on any atom is 0.0543 e. The molecular weight excluding hydrogens is 358 g/mol. The fraction of sp³-hybridized carbons (Fsp3) is 0.571. The topological polar surface area (TPSA) is 32.3 Å². The maximum absolute atomic E-state index is 9.62. The molecule has 1 aromatic carbocycles. The Balaban J connectivity index is 1.76. The molecule has 1 aliphatic rings. The Bertz CT molecular complexity index is 397. The molecule has 1 fully saturated rings. The van der Waals surface area contributed by atoms with Crippen molar-refractivity contribution < 1.29 is 5.11 Å². The number of aliphatic hydroxyl groups is 1. The van der Waals surface area contributed by atoms with Crippen LogP contribution in [0.3, 0.4) is 0 Å². The Morgan fingerprint density at radius 3 is 2.78 bits per heavy atom.